The van der Waals surface area contributed by atoms with Gasteiger partial charge >= 0.3 is 0 Å². The van der Waals surface area contributed by atoms with Gasteiger partial charge in [0.25, 0.3) is 21.8 Å². The number of carbonyl (C=O) groups is 2. The Hall–Kier alpha value is -3.63. The molecule has 0 bridgehead atoms. The smallest absolute Gasteiger partial charge is 0.272 e. The molecule has 0 saturated carbocycles. The second-order valence-electron chi connectivity index (χ2n) is 6.37. The van der Waals surface area contributed by atoms with E-state index in [0.717, 1.165) is 12.1 Å². The fourth-order valence-electron chi connectivity index (χ4n) is 2.61. The summed E-state index contributed by atoms with van der Waals surface area (Å²) >= 11 is 5.98. The van der Waals surface area contributed by atoms with E-state index < -0.39 is 27.7 Å². The van der Waals surface area contributed by atoms with Gasteiger partial charge in [-0.2, -0.15) is 0 Å². The summed E-state index contributed by atoms with van der Waals surface area (Å²) in [7, 11) is -2.69. The normalized spacial score (nSPS) is 10.8. The summed E-state index contributed by atoms with van der Waals surface area (Å²) < 4.78 is 46.5. The molecule has 11 heteroatoms. The Kier molecular flexibility index (Phi) is 6.96. The number of ether oxygens (including phenoxy) is 1. The molecular weight excluding hydrogens is 461 g/mol. The molecule has 0 aliphatic carbocycles. The maximum absolute atomic E-state index is 14.0. The summed E-state index contributed by atoms with van der Waals surface area (Å²) in [4.78, 5) is 24.3. The van der Waals surface area contributed by atoms with Crippen LogP contribution >= 0.6 is 11.6 Å². The summed E-state index contributed by atoms with van der Waals surface area (Å²) in [6, 6.07) is 15.0. The highest BCUT2D eigenvalue weighted by molar-refractivity contribution is 7.92. The Morgan fingerprint density at radius 3 is 2.34 bits per heavy atom. The second kappa shape index (κ2) is 9.67. The average Bonchev–Trinajstić information content (AvgIpc) is 2.78. The minimum Gasteiger partial charge on any atom is -0.497 e. The Morgan fingerprint density at radius 1 is 0.938 bits per heavy atom. The summed E-state index contributed by atoms with van der Waals surface area (Å²) in [6.45, 7) is 0. The molecule has 0 atom stereocenters. The van der Waals surface area contributed by atoms with Crippen molar-refractivity contribution in [2.24, 2.45) is 0 Å². The maximum atomic E-state index is 14.0. The van der Waals surface area contributed by atoms with Crippen LogP contribution in [0.3, 0.4) is 0 Å². The molecule has 3 aromatic carbocycles. The predicted molar refractivity (Wildman–Crippen MR) is 117 cm³/mol. The fraction of sp³-hybridized carbons (Fsp3) is 0.0476. The zero-order chi connectivity index (χ0) is 23.3. The van der Waals surface area contributed by atoms with Crippen molar-refractivity contribution in [1.82, 2.24) is 10.9 Å². The number of benzene rings is 3. The number of halogens is 2. The number of hydrogen-bond donors (Lipinski definition) is 3. The molecule has 0 aliphatic rings. The molecule has 8 nitrogen and oxygen atoms in total. The number of carbonyl (C=O) groups excluding carboxylic acids is 2. The van der Waals surface area contributed by atoms with Crippen molar-refractivity contribution >= 4 is 39.1 Å². The van der Waals surface area contributed by atoms with E-state index in [-0.39, 0.29) is 32.5 Å². The molecular formula is C21H17ClFN3O5S. The number of sulfonamides is 1. The molecule has 3 aromatic rings. The van der Waals surface area contributed by atoms with Crippen LogP contribution in [0.25, 0.3) is 0 Å². The number of nitrogens with one attached hydrogen (secondary N) is 3. The number of amides is 2. The van der Waals surface area contributed by atoms with Crippen molar-refractivity contribution in [2.45, 2.75) is 4.90 Å². The first-order chi connectivity index (χ1) is 15.2. The summed E-state index contributed by atoms with van der Waals surface area (Å²) in [5.41, 5.74) is 4.01. The zero-order valence-corrected chi connectivity index (χ0v) is 18.1. The molecule has 0 heterocycles. The molecule has 0 radical (unpaired) electrons. The van der Waals surface area contributed by atoms with Gasteiger partial charge in [-0.3, -0.25) is 25.2 Å². The SMILES string of the molecule is COc1ccc(C(=O)NNC(=O)c2cccc(S(=O)(=O)Nc3ccccc3Cl)c2)c(F)c1. The van der Waals surface area contributed by atoms with Crippen LogP contribution < -0.4 is 20.3 Å². The van der Waals surface area contributed by atoms with Crippen molar-refractivity contribution in [3.8, 4) is 5.75 Å². The minimum absolute atomic E-state index is 0.0532. The van der Waals surface area contributed by atoms with Crippen LogP contribution in [-0.2, 0) is 10.0 Å². The van der Waals surface area contributed by atoms with Crippen LogP contribution in [0, 0.1) is 5.82 Å². The van der Waals surface area contributed by atoms with Gasteiger partial charge in [-0.25, -0.2) is 12.8 Å². The molecule has 0 unspecified atom stereocenters. The van der Waals surface area contributed by atoms with Crippen molar-refractivity contribution in [1.29, 1.82) is 0 Å². The third kappa shape index (κ3) is 5.34. The first-order valence-corrected chi connectivity index (χ1v) is 10.9. The quantitative estimate of drug-likeness (QED) is 0.471. The van der Waals surface area contributed by atoms with Gasteiger partial charge in [0.15, 0.2) is 0 Å². The van der Waals surface area contributed by atoms with E-state index in [2.05, 4.69) is 15.6 Å². The molecule has 3 rings (SSSR count). The zero-order valence-electron chi connectivity index (χ0n) is 16.6. The number of rotatable bonds is 6. The summed E-state index contributed by atoms with van der Waals surface area (Å²) in [5.74, 6) is -2.31. The molecule has 3 N–H and O–H groups in total. The van der Waals surface area contributed by atoms with Gasteiger partial charge < -0.3 is 4.74 Å². The third-order valence-corrected chi connectivity index (χ3v) is 5.93. The van der Waals surface area contributed by atoms with Crippen LogP contribution in [0.4, 0.5) is 10.1 Å². The first kappa shape index (κ1) is 23.0. The van der Waals surface area contributed by atoms with E-state index in [0.29, 0.717) is 0 Å². The average molecular weight is 478 g/mol. The van der Waals surface area contributed by atoms with Crippen LogP contribution in [0.15, 0.2) is 71.6 Å². The molecule has 0 spiro atoms. The lowest BCUT2D eigenvalue weighted by atomic mass is 10.2. The largest absolute Gasteiger partial charge is 0.497 e. The predicted octanol–water partition coefficient (Wildman–Crippen LogP) is 3.36. The highest BCUT2D eigenvalue weighted by Gasteiger charge is 2.19. The number of anilines is 1. The topological polar surface area (TPSA) is 114 Å². The highest BCUT2D eigenvalue weighted by atomic mass is 35.5. The van der Waals surface area contributed by atoms with E-state index in [9.17, 15) is 22.4 Å². The van der Waals surface area contributed by atoms with Crippen molar-refractivity contribution < 1.29 is 27.1 Å². The summed E-state index contributed by atoms with van der Waals surface area (Å²) in [6.07, 6.45) is 0. The Balaban J connectivity index is 1.71. The van der Waals surface area contributed by atoms with Gasteiger partial charge in [0.2, 0.25) is 0 Å². The molecule has 166 valence electrons. The molecule has 32 heavy (non-hydrogen) atoms. The van der Waals surface area contributed by atoms with E-state index in [1.165, 1.54) is 49.6 Å². The number of para-hydroxylation sites is 1. The lowest BCUT2D eigenvalue weighted by molar-refractivity contribution is 0.0844. The lowest BCUT2D eigenvalue weighted by Gasteiger charge is -2.11. The Morgan fingerprint density at radius 2 is 1.66 bits per heavy atom. The van der Waals surface area contributed by atoms with Gasteiger partial charge in [0.05, 0.1) is 28.3 Å². The molecule has 0 aromatic heterocycles. The van der Waals surface area contributed by atoms with Gasteiger partial charge in [-0.05, 0) is 42.5 Å². The van der Waals surface area contributed by atoms with Gasteiger partial charge in [-0.1, -0.05) is 29.8 Å². The Labute approximate surface area is 188 Å². The maximum Gasteiger partial charge on any atom is 0.272 e. The van der Waals surface area contributed by atoms with Gasteiger partial charge in [0.1, 0.15) is 11.6 Å². The number of hydrogen-bond acceptors (Lipinski definition) is 5. The van der Waals surface area contributed by atoms with Crippen LogP contribution in [0.2, 0.25) is 5.02 Å². The fourth-order valence-corrected chi connectivity index (χ4v) is 3.98. The van der Waals surface area contributed by atoms with E-state index >= 15 is 0 Å². The van der Waals surface area contributed by atoms with E-state index in [1.807, 2.05) is 0 Å². The standard InChI is InChI=1S/C21H17ClFN3O5S/c1-31-14-9-10-16(18(23)12-14)21(28)25-24-20(27)13-5-4-6-15(11-13)32(29,30)26-19-8-3-2-7-17(19)22/h2-12,26H,1H3,(H,24,27)(H,25,28). The molecule has 0 saturated heterocycles. The van der Waals surface area contributed by atoms with Crippen molar-refractivity contribution in [3.05, 3.63) is 88.7 Å². The first-order valence-electron chi connectivity index (χ1n) is 9.03. The third-order valence-electron chi connectivity index (χ3n) is 4.24. The van der Waals surface area contributed by atoms with Crippen LogP contribution in [-0.4, -0.2) is 27.3 Å². The molecule has 0 fully saturated rings. The summed E-state index contributed by atoms with van der Waals surface area (Å²) in [5, 5.41) is 0.207. The van der Waals surface area contributed by atoms with E-state index in [1.54, 1.807) is 12.1 Å². The van der Waals surface area contributed by atoms with Crippen LogP contribution in [0.1, 0.15) is 20.7 Å². The number of methoxy groups -OCH3 is 1. The Bertz CT molecular complexity index is 1280. The molecule has 0 aliphatic heterocycles. The van der Waals surface area contributed by atoms with Crippen LogP contribution in [0.5, 0.6) is 5.75 Å². The lowest BCUT2D eigenvalue weighted by Crippen LogP contribution is -2.42. The minimum atomic E-state index is -4.04. The number of hydrazine groups is 1. The van der Waals surface area contributed by atoms with Crippen molar-refractivity contribution in [3.63, 3.8) is 0 Å². The van der Waals surface area contributed by atoms with E-state index in [4.69, 9.17) is 16.3 Å². The van der Waals surface area contributed by atoms with Gasteiger partial charge in [0, 0.05) is 11.6 Å². The second-order valence-corrected chi connectivity index (χ2v) is 8.46. The van der Waals surface area contributed by atoms with Gasteiger partial charge in [-0.15, -0.1) is 0 Å². The van der Waals surface area contributed by atoms with Crippen molar-refractivity contribution in [2.75, 3.05) is 11.8 Å². The molecule has 2 amide bonds. The monoisotopic (exact) mass is 477 g/mol. The highest BCUT2D eigenvalue weighted by Crippen LogP contribution is 2.24.